The normalized spacial score (nSPS) is 13.8. The summed E-state index contributed by atoms with van der Waals surface area (Å²) in [5.74, 6) is -0.249. The number of aryl methyl sites for hydroxylation is 1. The number of hydrogen-bond donors (Lipinski definition) is 1. The van der Waals surface area contributed by atoms with Gasteiger partial charge in [-0.25, -0.2) is 4.79 Å². The second-order valence-corrected chi connectivity index (χ2v) is 4.94. The molecular weight excluding hydrogens is 240 g/mol. The van der Waals surface area contributed by atoms with E-state index in [1.54, 1.807) is 0 Å². The van der Waals surface area contributed by atoms with Crippen molar-refractivity contribution in [1.82, 2.24) is 9.88 Å². The van der Waals surface area contributed by atoms with Crippen LogP contribution in [0, 0.1) is 6.92 Å². The first-order valence-corrected chi connectivity index (χ1v) is 6.61. The van der Waals surface area contributed by atoms with Gasteiger partial charge in [-0.1, -0.05) is 0 Å². The Morgan fingerprint density at radius 1 is 1.37 bits per heavy atom. The minimum atomic E-state index is -0.249. The number of methoxy groups -OCH3 is 1. The van der Waals surface area contributed by atoms with Gasteiger partial charge in [0.15, 0.2) is 0 Å². The average molecular weight is 258 g/mol. The van der Waals surface area contributed by atoms with E-state index < -0.39 is 0 Å². The molecule has 0 saturated heterocycles. The number of esters is 1. The van der Waals surface area contributed by atoms with E-state index in [9.17, 15) is 4.79 Å². The van der Waals surface area contributed by atoms with E-state index in [1.165, 1.54) is 18.2 Å². The maximum atomic E-state index is 12.0. The number of benzene rings is 1. The topological polar surface area (TPSA) is 43.3 Å². The SMILES string of the molecule is CCn1c(C)c(C(=O)OC)c2cc3c(cc21)CNC3. The molecule has 0 bridgehead atoms. The van der Waals surface area contributed by atoms with Crippen LogP contribution in [-0.2, 0) is 24.4 Å². The van der Waals surface area contributed by atoms with Crippen LogP contribution in [0.1, 0.15) is 34.1 Å². The number of carbonyl (C=O) groups excluding carboxylic acids is 1. The Hall–Kier alpha value is -1.81. The summed E-state index contributed by atoms with van der Waals surface area (Å²) in [4.78, 5) is 12.0. The Balaban J connectivity index is 2.36. The number of hydrogen-bond acceptors (Lipinski definition) is 3. The second-order valence-electron chi connectivity index (χ2n) is 4.94. The van der Waals surface area contributed by atoms with Crippen molar-refractivity contribution in [2.24, 2.45) is 0 Å². The molecule has 1 aliphatic rings. The summed E-state index contributed by atoms with van der Waals surface area (Å²) in [5, 5.41) is 4.35. The summed E-state index contributed by atoms with van der Waals surface area (Å²) in [6, 6.07) is 4.34. The molecule has 1 aliphatic heterocycles. The quantitative estimate of drug-likeness (QED) is 0.841. The Bertz CT molecular complexity index is 671. The molecule has 3 rings (SSSR count). The monoisotopic (exact) mass is 258 g/mol. The zero-order valence-corrected chi connectivity index (χ0v) is 11.5. The van der Waals surface area contributed by atoms with Crippen LogP contribution >= 0.6 is 0 Å². The van der Waals surface area contributed by atoms with Gasteiger partial charge in [-0.3, -0.25) is 0 Å². The number of nitrogens with one attached hydrogen (secondary N) is 1. The third kappa shape index (κ3) is 1.67. The highest BCUT2D eigenvalue weighted by Gasteiger charge is 2.22. The third-order valence-corrected chi connectivity index (χ3v) is 3.98. The molecule has 0 radical (unpaired) electrons. The molecule has 100 valence electrons. The van der Waals surface area contributed by atoms with E-state index in [0.717, 1.165) is 36.2 Å². The largest absolute Gasteiger partial charge is 0.465 e. The molecular formula is C15H18N2O2. The molecule has 0 amide bonds. The van der Waals surface area contributed by atoms with Gasteiger partial charge in [0.25, 0.3) is 0 Å². The molecule has 0 fully saturated rings. The summed E-state index contributed by atoms with van der Waals surface area (Å²) >= 11 is 0. The number of ether oxygens (including phenoxy) is 1. The Morgan fingerprint density at radius 2 is 2.05 bits per heavy atom. The molecule has 0 atom stereocenters. The number of carbonyl (C=O) groups is 1. The molecule has 0 unspecified atom stereocenters. The van der Waals surface area contributed by atoms with Gasteiger partial charge >= 0.3 is 5.97 Å². The van der Waals surface area contributed by atoms with Gasteiger partial charge in [0.05, 0.1) is 12.7 Å². The second kappa shape index (κ2) is 4.38. The van der Waals surface area contributed by atoms with Crippen molar-refractivity contribution in [1.29, 1.82) is 0 Å². The average Bonchev–Trinajstić information content (AvgIpc) is 2.96. The van der Waals surface area contributed by atoms with Crippen LogP contribution in [0.2, 0.25) is 0 Å². The standard InChI is InChI=1S/C15H18N2O2/c1-4-17-9(2)14(15(18)19-3)12-5-10-7-16-8-11(10)6-13(12)17/h5-6,16H,4,7-8H2,1-3H3. The fraction of sp³-hybridized carbons (Fsp3) is 0.400. The number of aromatic nitrogens is 1. The lowest BCUT2D eigenvalue weighted by atomic mass is 10.0. The first-order chi connectivity index (χ1) is 9.17. The summed E-state index contributed by atoms with van der Waals surface area (Å²) in [7, 11) is 1.44. The summed E-state index contributed by atoms with van der Waals surface area (Å²) < 4.78 is 7.12. The van der Waals surface area contributed by atoms with Crippen LogP contribution in [0.5, 0.6) is 0 Å². The van der Waals surface area contributed by atoms with Crippen molar-refractivity contribution < 1.29 is 9.53 Å². The highest BCUT2D eigenvalue weighted by Crippen LogP contribution is 2.31. The first-order valence-electron chi connectivity index (χ1n) is 6.61. The summed E-state index contributed by atoms with van der Waals surface area (Å²) in [6.07, 6.45) is 0. The van der Waals surface area contributed by atoms with Gasteiger partial charge in [-0.05, 0) is 37.1 Å². The highest BCUT2D eigenvalue weighted by atomic mass is 16.5. The number of nitrogens with zero attached hydrogens (tertiary/aromatic N) is 1. The smallest absolute Gasteiger partial charge is 0.340 e. The summed E-state index contributed by atoms with van der Waals surface area (Å²) in [5.41, 5.74) is 5.43. The van der Waals surface area contributed by atoms with E-state index in [1.807, 2.05) is 6.92 Å². The molecule has 0 saturated carbocycles. The van der Waals surface area contributed by atoms with E-state index in [-0.39, 0.29) is 5.97 Å². The summed E-state index contributed by atoms with van der Waals surface area (Å²) in [6.45, 7) is 6.72. The molecule has 2 aromatic rings. The van der Waals surface area contributed by atoms with Crippen molar-refractivity contribution in [3.05, 3.63) is 34.5 Å². The van der Waals surface area contributed by atoms with Gasteiger partial charge in [-0.2, -0.15) is 0 Å². The molecule has 19 heavy (non-hydrogen) atoms. The van der Waals surface area contributed by atoms with Crippen LogP contribution in [-0.4, -0.2) is 17.6 Å². The van der Waals surface area contributed by atoms with Gasteiger partial charge in [0.1, 0.15) is 0 Å². The lowest BCUT2D eigenvalue weighted by molar-refractivity contribution is 0.0602. The van der Waals surface area contributed by atoms with Crippen molar-refractivity contribution in [2.45, 2.75) is 33.5 Å². The van der Waals surface area contributed by atoms with Crippen molar-refractivity contribution in [2.75, 3.05) is 7.11 Å². The maximum Gasteiger partial charge on any atom is 0.340 e. The predicted octanol–water partition coefficient (Wildman–Crippen LogP) is 2.36. The predicted molar refractivity (Wildman–Crippen MR) is 74.2 cm³/mol. The van der Waals surface area contributed by atoms with Crippen molar-refractivity contribution in [3.63, 3.8) is 0 Å². The van der Waals surface area contributed by atoms with Crippen LogP contribution in [0.25, 0.3) is 10.9 Å². The molecule has 1 aromatic carbocycles. The molecule has 2 heterocycles. The Morgan fingerprint density at radius 3 is 2.68 bits per heavy atom. The van der Waals surface area contributed by atoms with E-state index >= 15 is 0 Å². The van der Waals surface area contributed by atoms with E-state index in [4.69, 9.17) is 4.74 Å². The minimum absolute atomic E-state index is 0.249. The maximum absolute atomic E-state index is 12.0. The lowest BCUT2D eigenvalue weighted by Crippen LogP contribution is -2.04. The fourth-order valence-electron chi connectivity index (χ4n) is 3.04. The minimum Gasteiger partial charge on any atom is -0.465 e. The van der Waals surface area contributed by atoms with Gasteiger partial charge in [-0.15, -0.1) is 0 Å². The third-order valence-electron chi connectivity index (χ3n) is 3.98. The molecule has 4 heteroatoms. The Labute approximate surface area is 112 Å². The molecule has 4 nitrogen and oxygen atoms in total. The zero-order valence-electron chi connectivity index (χ0n) is 11.5. The van der Waals surface area contributed by atoms with Crippen LogP contribution in [0.4, 0.5) is 0 Å². The number of fused-ring (bicyclic) bond motifs is 2. The van der Waals surface area contributed by atoms with Crippen molar-refractivity contribution >= 4 is 16.9 Å². The number of rotatable bonds is 2. The fourth-order valence-corrected chi connectivity index (χ4v) is 3.04. The van der Waals surface area contributed by atoms with Gasteiger partial charge < -0.3 is 14.6 Å². The zero-order chi connectivity index (χ0) is 13.6. The van der Waals surface area contributed by atoms with E-state index in [2.05, 4.69) is 28.9 Å². The van der Waals surface area contributed by atoms with Crippen LogP contribution < -0.4 is 5.32 Å². The van der Waals surface area contributed by atoms with Crippen LogP contribution in [0.3, 0.4) is 0 Å². The highest BCUT2D eigenvalue weighted by molar-refractivity contribution is 6.06. The van der Waals surface area contributed by atoms with Crippen molar-refractivity contribution in [3.8, 4) is 0 Å². The Kier molecular flexibility index (Phi) is 2.82. The lowest BCUT2D eigenvalue weighted by Gasteiger charge is -2.05. The van der Waals surface area contributed by atoms with Crippen LogP contribution in [0.15, 0.2) is 12.1 Å². The molecule has 1 aromatic heterocycles. The van der Waals surface area contributed by atoms with Gasteiger partial charge in [0.2, 0.25) is 0 Å². The van der Waals surface area contributed by atoms with E-state index in [0.29, 0.717) is 5.56 Å². The molecule has 1 N–H and O–H groups in total. The molecule has 0 aliphatic carbocycles. The van der Waals surface area contributed by atoms with Gasteiger partial charge in [0, 0.05) is 36.2 Å². The first kappa shape index (κ1) is 12.2. The molecule has 0 spiro atoms.